The SMILES string of the molecule is O=C(c1ccc(Br)s1)C1CCCCN1. The number of carbonyl (C=O) groups excluding carboxylic acids is 1. The first-order valence-corrected chi connectivity index (χ1v) is 6.41. The molecule has 0 saturated carbocycles. The summed E-state index contributed by atoms with van der Waals surface area (Å²) in [6.07, 6.45) is 3.34. The average molecular weight is 274 g/mol. The normalized spacial score (nSPS) is 22.2. The van der Waals surface area contributed by atoms with E-state index in [2.05, 4.69) is 21.2 Å². The number of halogens is 1. The number of nitrogens with one attached hydrogen (secondary N) is 1. The minimum Gasteiger partial charge on any atom is -0.307 e. The molecule has 2 rings (SSSR count). The van der Waals surface area contributed by atoms with E-state index in [-0.39, 0.29) is 11.8 Å². The molecule has 1 unspecified atom stereocenters. The van der Waals surface area contributed by atoms with Crippen LogP contribution in [0, 0.1) is 0 Å². The van der Waals surface area contributed by atoms with Gasteiger partial charge in [-0.1, -0.05) is 6.42 Å². The van der Waals surface area contributed by atoms with Crippen LogP contribution in [0.15, 0.2) is 15.9 Å². The molecule has 1 fully saturated rings. The second kappa shape index (κ2) is 4.55. The number of rotatable bonds is 2. The van der Waals surface area contributed by atoms with Crippen molar-refractivity contribution in [3.63, 3.8) is 0 Å². The zero-order valence-corrected chi connectivity index (χ0v) is 10.2. The maximum Gasteiger partial charge on any atom is 0.189 e. The Balaban J connectivity index is 2.07. The van der Waals surface area contributed by atoms with Crippen LogP contribution < -0.4 is 5.32 Å². The zero-order valence-electron chi connectivity index (χ0n) is 7.75. The Hall–Kier alpha value is -0.190. The maximum absolute atomic E-state index is 11.9. The van der Waals surface area contributed by atoms with Crippen LogP contribution in [0.5, 0.6) is 0 Å². The van der Waals surface area contributed by atoms with E-state index in [4.69, 9.17) is 0 Å². The summed E-state index contributed by atoms with van der Waals surface area (Å²) in [5.74, 6) is 0.250. The molecule has 1 saturated heterocycles. The second-order valence-electron chi connectivity index (χ2n) is 3.47. The van der Waals surface area contributed by atoms with Crippen LogP contribution in [0.25, 0.3) is 0 Å². The summed E-state index contributed by atoms with van der Waals surface area (Å²) in [6, 6.07) is 3.88. The van der Waals surface area contributed by atoms with Gasteiger partial charge < -0.3 is 5.32 Å². The quantitative estimate of drug-likeness (QED) is 0.840. The van der Waals surface area contributed by atoms with Crippen molar-refractivity contribution >= 4 is 33.0 Å². The third-order valence-corrected chi connectivity index (χ3v) is 4.08. The lowest BCUT2D eigenvalue weighted by Crippen LogP contribution is -2.40. The molecule has 0 spiro atoms. The number of ketones is 1. The van der Waals surface area contributed by atoms with Crippen LogP contribution in [-0.4, -0.2) is 18.4 Å². The molecular formula is C10H12BrNOS. The fraction of sp³-hybridized carbons (Fsp3) is 0.500. The molecule has 0 aliphatic carbocycles. The van der Waals surface area contributed by atoms with Crippen molar-refractivity contribution in [1.29, 1.82) is 0 Å². The van der Waals surface area contributed by atoms with Gasteiger partial charge in [-0.2, -0.15) is 0 Å². The molecule has 0 bridgehead atoms. The van der Waals surface area contributed by atoms with Crippen LogP contribution in [0.1, 0.15) is 28.9 Å². The Labute approximate surface area is 95.8 Å². The van der Waals surface area contributed by atoms with Gasteiger partial charge in [0.15, 0.2) is 5.78 Å². The Bertz CT molecular complexity index is 331. The van der Waals surface area contributed by atoms with Gasteiger partial charge in [0.25, 0.3) is 0 Å². The summed E-state index contributed by atoms with van der Waals surface area (Å²) in [7, 11) is 0. The highest BCUT2D eigenvalue weighted by atomic mass is 79.9. The average Bonchev–Trinajstić information content (AvgIpc) is 2.65. The largest absolute Gasteiger partial charge is 0.307 e. The van der Waals surface area contributed by atoms with Gasteiger partial charge in [-0.25, -0.2) is 0 Å². The Morgan fingerprint density at radius 3 is 2.93 bits per heavy atom. The van der Waals surface area contributed by atoms with Crippen molar-refractivity contribution in [3.8, 4) is 0 Å². The molecule has 1 aromatic heterocycles. The lowest BCUT2D eigenvalue weighted by atomic mass is 10.0. The van der Waals surface area contributed by atoms with Gasteiger partial charge in [0, 0.05) is 0 Å². The van der Waals surface area contributed by atoms with Crippen LogP contribution in [-0.2, 0) is 0 Å². The lowest BCUT2D eigenvalue weighted by Gasteiger charge is -2.21. The van der Waals surface area contributed by atoms with E-state index >= 15 is 0 Å². The molecule has 76 valence electrons. The third-order valence-electron chi connectivity index (χ3n) is 2.44. The molecule has 1 N–H and O–H groups in total. The minimum absolute atomic E-state index is 0.0503. The minimum atomic E-state index is 0.0503. The van der Waals surface area contributed by atoms with E-state index in [1.54, 1.807) is 0 Å². The fourth-order valence-corrected chi connectivity index (χ4v) is 3.07. The number of thiophene rings is 1. The molecule has 4 heteroatoms. The monoisotopic (exact) mass is 273 g/mol. The third kappa shape index (κ3) is 2.24. The van der Waals surface area contributed by atoms with E-state index in [0.29, 0.717) is 0 Å². The van der Waals surface area contributed by atoms with E-state index in [0.717, 1.165) is 28.0 Å². The van der Waals surface area contributed by atoms with Gasteiger partial charge in [-0.15, -0.1) is 11.3 Å². The van der Waals surface area contributed by atoms with Gasteiger partial charge in [0.05, 0.1) is 14.7 Å². The van der Waals surface area contributed by atoms with Gasteiger partial charge in [-0.3, -0.25) is 4.79 Å². The number of hydrogen-bond donors (Lipinski definition) is 1. The number of hydrogen-bond acceptors (Lipinski definition) is 3. The van der Waals surface area contributed by atoms with E-state index in [1.807, 2.05) is 12.1 Å². The smallest absolute Gasteiger partial charge is 0.189 e. The molecule has 1 atom stereocenters. The molecule has 0 radical (unpaired) electrons. The predicted molar refractivity (Wildman–Crippen MR) is 62.0 cm³/mol. The summed E-state index contributed by atoms with van der Waals surface area (Å²) >= 11 is 4.89. The summed E-state index contributed by atoms with van der Waals surface area (Å²) < 4.78 is 1.02. The van der Waals surface area contributed by atoms with Crippen molar-refractivity contribution < 1.29 is 4.79 Å². The molecule has 0 amide bonds. The van der Waals surface area contributed by atoms with Crippen LogP contribution in [0.3, 0.4) is 0 Å². The molecule has 2 heterocycles. The van der Waals surface area contributed by atoms with Gasteiger partial charge in [-0.05, 0) is 47.4 Å². The Kier molecular flexibility index (Phi) is 3.36. The Morgan fingerprint density at radius 2 is 2.36 bits per heavy atom. The van der Waals surface area contributed by atoms with E-state index in [1.165, 1.54) is 17.8 Å². The van der Waals surface area contributed by atoms with Gasteiger partial charge in [0.1, 0.15) is 0 Å². The lowest BCUT2D eigenvalue weighted by molar-refractivity contribution is 0.0931. The molecule has 1 aromatic rings. The molecular weight excluding hydrogens is 262 g/mol. The van der Waals surface area contributed by atoms with Crippen LogP contribution in [0.2, 0.25) is 0 Å². The van der Waals surface area contributed by atoms with Gasteiger partial charge in [0.2, 0.25) is 0 Å². The summed E-state index contributed by atoms with van der Waals surface area (Å²) in [5, 5.41) is 3.27. The first-order valence-electron chi connectivity index (χ1n) is 4.80. The highest BCUT2D eigenvalue weighted by Gasteiger charge is 2.22. The molecule has 1 aliphatic rings. The van der Waals surface area contributed by atoms with Crippen LogP contribution in [0.4, 0.5) is 0 Å². The summed E-state index contributed by atoms with van der Waals surface area (Å²) in [6.45, 7) is 0.975. The topological polar surface area (TPSA) is 29.1 Å². The molecule has 14 heavy (non-hydrogen) atoms. The number of piperidine rings is 1. The molecule has 2 nitrogen and oxygen atoms in total. The second-order valence-corrected chi connectivity index (χ2v) is 5.93. The first kappa shape index (κ1) is 10.3. The number of carbonyl (C=O) groups is 1. The maximum atomic E-state index is 11.9. The standard InChI is InChI=1S/C10H12BrNOS/c11-9-5-4-8(14-9)10(13)7-3-1-2-6-12-7/h4-5,7,12H,1-3,6H2. The Morgan fingerprint density at radius 1 is 1.50 bits per heavy atom. The van der Waals surface area contributed by atoms with E-state index in [9.17, 15) is 4.79 Å². The molecule has 1 aliphatic heterocycles. The van der Waals surface area contributed by atoms with E-state index < -0.39 is 0 Å². The number of Topliss-reactive ketones (excluding diaryl/α,β-unsaturated/α-hetero) is 1. The zero-order chi connectivity index (χ0) is 9.97. The van der Waals surface area contributed by atoms with Crippen LogP contribution >= 0.6 is 27.3 Å². The van der Waals surface area contributed by atoms with Gasteiger partial charge >= 0.3 is 0 Å². The summed E-state index contributed by atoms with van der Waals surface area (Å²) in [4.78, 5) is 12.8. The fourth-order valence-electron chi connectivity index (χ4n) is 1.69. The van der Waals surface area contributed by atoms with Crippen molar-refractivity contribution in [1.82, 2.24) is 5.32 Å². The van der Waals surface area contributed by atoms with Crippen molar-refractivity contribution in [2.45, 2.75) is 25.3 Å². The first-order chi connectivity index (χ1) is 6.77. The summed E-state index contributed by atoms with van der Waals surface area (Å²) in [5.41, 5.74) is 0. The van der Waals surface area contributed by atoms with Crippen molar-refractivity contribution in [2.24, 2.45) is 0 Å². The predicted octanol–water partition coefficient (Wildman–Crippen LogP) is 2.84. The van der Waals surface area contributed by atoms with Crippen molar-refractivity contribution in [2.75, 3.05) is 6.54 Å². The molecule has 0 aromatic carbocycles. The highest BCUT2D eigenvalue weighted by molar-refractivity contribution is 9.11. The van der Waals surface area contributed by atoms with Crippen molar-refractivity contribution in [3.05, 3.63) is 20.8 Å². The highest BCUT2D eigenvalue weighted by Crippen LogP contribution is 2.24.